The normalized spacial score (nSPS) is 13.5. The zero-order valence-corrected chi connectivity index (χ0v) is 12.9. The summed E-state index contributed by atoms with van der Waals surface area (Å²) in [6.45, 7) is 0. The van der Waals surface area contributed by atoms with E-state index in [1.54, 1.807) is 0 Å². The molecule has 8 nitrogen and oxygen atoms in total. The molecule has 0 aliphatic carbocycles. The summed E-state index contributed by atoms with van der Waals surface area (Å²) in [7, 11) is 0. The molecule has 0 saturated carbocycles. The number of aliphatic carboxylic acids is 2. The second-order valence-corrected chi connectivity index (χ2v) is 6.39. The Labute approximate surface area is 134 Å². The molecule has 1 rings (SSSR count). The lowest BCUT2D eigenvalue weighted by Gasteiger charge is -2.12. The van der Waals surface area contributed by atoms with E-state index in [1.807, 2.05) is 0 Å². The number of phenols is 2. The third kappa shape index (κ3) is 4.98. The first-order valence-electron chi connectivity index (χ1n) is 6.01. The highest BCUT2D eigenvalue weighted by atomic mass is 32.2. The number of hydrogen-bond donors (Lipinski definition) is 6. The van der Waals surface area contributed by atoms with Crippen molar-refractivity contribution < 1.29 is 30.0 Å². The summed E-state index contributed by atoms with van der Waals surface area (Å²) >= 11 is 1.98. The number of aromatic hydroxyl groups is 2. The Morgan fingerprint density at radius 2 is 1.23 bits per heavy atom. The third-order valence-corrected chi connectivity index (χ3v) is 4.88. The number of benzene rings is 1. The first kappa shape index (κ1) is 18.4. The maximum absolute atomic E-state index is 10.6. The van der Waals surface area contributed by atoms with Crippen LogP contribution in [0.2, 0.25) is 0 Å². The van der Waals surface area contributed by atoms with Gasteiger partial charge in [0.25, 0.3) is 0 Å². The minimum Gasteiger partial charge on any atom is -0.503 e. The van der Waals surface area contributed by atoms with E-state index in [9.17, 15) is 19.8 Å². The SMILES string of the molecule is N[C@@H](CSc1ccc(SC[C@H](N)C(=O)O)c(O)c1O)C(=O)O. The average molecular weight is 348 g/mol. The van der Waals surface area contributed by atoms with Gasteiger partial charge in [0.2, 0.25) is 0 Å². The molecular weight excluding hydrogens is 332 g/mol. The van der Waals surface area contributed by atoms with Crippen LogP contribution < -0.4 is 11.5 Å². The van der Waals surface area contributed by atoms with Crippen LogP contribution in [0.3, 0.4) is 0 Å². The standard InChI is InChI=1S/C12H16N2O6S2/c13-5(11(17)18)3-21-7-1-2-8(10(16)9(7)15)22-4-6(14)12(19)20/h1-2,5-6,15-16H,3-4,13-14H2,(H,17,18)(H,19,20)/t5-,6-/m0/s1. The summed E-state index contributed by atoms with van der Waals surface area (Å²) in [5.41, 5.74) is 10.7. The van der Waals surface area contributed by atoms with E-state index in [2.05, 4.69) is 0 Å². The molecule has 0 bridgehead atoms. The van der Waals surface area contributed by atoms with E-state index < -0.39 is 35.5 Å². The average Bonchev–Trinajstić information content (AvgIpc) is 2.46. The summed E-state index contributed by atoms with van der Waals surface area (Å²) in [4.78, 5) is 21.8. The molecule has 0 aliphatic heterocycles. The quantitative estimate of drug-likeness (QED) is 0.280. The predicted molar refractivity (Wildman–Crippen MR) is 82.4 cm³/mol. The molecule has 0 heterocycles. The number of carboxylic acid groups (broad SMARTS) is 2. The van der Waals surface area contributed by atoms with Crippen LogP contribution in [0, 0.1) is 0 Å². The lowest BCUT2D eigenvalue weighted by Crippen LogP contribution is -2.32. The lowest BCUT2D eigenvalue weighted by molar-refractivity contribution is -0.138. The summed E-state index contributed by atoms with van der Waals surface area (Å²) in [6.07, 6.45) is 0. The fourth-order valence-electron chi connectivity index (χ4n) is 1.28. The number of hydrogen-bond acceptors (Lipinski definition) is 8. The summed E-state index contributed by atoms with van der Waals surface area (Å²) in [5, 5.41) is 37.1. The molecule has 0 unspecified atom stereocenters. The van der Waals surface area contributed by atoms with Gasteiger partial charge in [-0.1, -0.05) is 0 Å². The molecule has 10 heteroatoms. The molecule has 0 saturated heterocycles. The summed E-state index contributed by atoms with van der Waals surface area (Å²) in [6, 6.07) is 0.801. The van der Waals surface area contributed by atoms with Crippen molar-refractivity contribution >= 4 is 35.5 Å². The topological polar surface area (TPSA) is 167 Å². The van der Waals surface area contributed by atoms with Crippen LogP contribution in [0.1, 0.15) is 0 Å². The molecule has 1 aromatic rings. The molecule has 122 valence electrons. The second-order valence-electron chi connectivity index (χ2n) is 4.27. The van der Waals surface area contributed by atoms with Gasteiger partial charge in [-0.3, -0.25) is 9.59 Å². The van der Waals surface area contributed by atoms with Crippen LogP contribution in [0.4, 0.5) is 0 Å². The van der Waals surface area contributed by atoms with Crippen molar-refractivity contribution in [2.24, 2.45) is 11.5 Å². The van der Waals surface area contributed by atoms with Gasteiger partial charge in [0.15, 0.2) is 11.5 Å². The molecule has 0 spiro atoms. The van der Waals surface area contributed by atoms with Gasteiger partial charge >= 0.3 is 11.9 Å². The molecule has 22 heavy (non-hydrogen) atoms. The third-order valence-electron chi connectivity index (χ3n) is 2.55. The maximum Gasteiger partial charge on any atom is 0.321 e. The first-order chi connectivity index (χ1) is 10.2. The predicted octanol–water partition coefficient (Wildman–Crippen LogP) is 0.106. The molecule has 8 N–H and O–H groups in total. The van der Waals surface area contributed by atoms with Crippen LogP contribution in [0.5, 0.6) is 11.5 Å². The maximum atomic E-state index is 10.6. The highest BCUT2D eigenvalue weighted by Gasteiger charge is 2.18. The van der Waals surface area contributed by atoms with Gasteiger partial charge < -0.3 is 31.9 Å². The number of phenolic OH excluding ortho intramolecular Hbond substituents is 2. The fraction of sp³-hybridized carbons (Fsp3) is 0.333. The molecule has 0 aliphatic rings. The zero-order chi connectivity index (χ0) is 16.9. The van der Waals surface area contributed by atoms with Crippen LogP contribution in [-0.2, 0) is 9.59 Å². The molecule has 2 atom stereocenters. The summed E-state index contributed by atoms with van der Waals surface area (Å²) in [5.74, 6) is -3.08. The van der Waals surface area contributed by atoms with Gasteiger partial charge in [0, 0.05) is 11.5 Å². The number of carboxylic acids is 2. The van der Waals surface area contributed by atoms with E-state index in [1.165, 1.54) is 12.1 Å². The Kier molecular flexibility index (Phi) is 6.81. The van der Waals surface area contributed by atoms with Gasteiger partial charge in [0.05, 0.1) is 9.79 Å². The number of rotatable bonds is 8. The van der Waals surface area contributed by atoms with E-state index in [4.69, 9.17) is 21.7 Å². The van der Waals surface area contributed by atoms with Crippen molar-refractivity contribution in [3.05, 3.63) is 12.1 Å². The van der Waals surface area contributed by atoms with Gasteiger partial charge in [-0.25, -0.2) is 0 Å². The molecular formula is C12H16N2O6S2. The monoisotopic (exact) mass is 348 g/mol. The molecule has 1 aromatic carbocycles. The Balaban J connectivity index is 2.75. The van der Waals surface area contributed by atoms with E-state index >= 15 is 0 Å². The Bertz CT molecular complexity index is 520. The van der Waals surface area contributed by atoms with Gasteiger partial charge in [-0.05, 0) is 12.1 Å². The Morgan fingerprint density at radius 1 is 0.909 bits per heavy atom. The Hall–Kier alpha value is -1.62. The van der Waals surface area contributed by atoms with Crippen molar-refractivity contribution in [2.75, 3.05) is 11.5 Å². The van der Waals surface area contributed by atoms with Crippen molar-refractivity contribution in [2.45, 2.75) is 21.9 Å². The van der Waals surface area contributed by atoms with Crippen LogP contribution in [0.15, 0.2) is 21.9 Å². The van der Waals surface area contributed by atoms with Crippen LogP contribution >= 0.6 is 23.5 Å². The second kappa shape index (κ2) is 8.13. The van der Waals surface area contributed by atoms with E-state index in [0.29, 0.717) is 0 Å². The summed E-state index contributed by atoms with van der Waals surface area (Å²) < 4.78 is 0. The Morgan fingerprint density at radius 3 is 1.50 bits per heavy atom. The molecule has 0 radical (unpaired) electrons. The molecule has 0 fully saturated rings. The smallest absolute Gasteiger partial charge is 0.321 e. The highest BCUT2D eigenvalue weighted by molar-refractivity contribution is 8.00. The van der Waals surface area contributed by atoms with Crippen molar-refractivity contribution in [3.8, 4) is 11.5 Å². The van der Waals surface area contributed by atoms with E-state index in [0.717, 1.165) is 23.5 Å². The number of carbonyl (C=O) groups is 2. The number of thioether (sulfide) groups is 2. The minimum absolute atomic E-state index is 0.0265. The zero-order valence-electron chi connectivity index (χ0n) is 11.3. The molecule has 0 amide bonds. The van der Waals surface area contributed by atoms with Gasteiger partial charge in [-0.2, -0.15) is 0 Å². The lowest BCUT2D eigenvalue weighted by atomic mass is 10.3. The van der Waals surface area contributed by atoms with E-state index in [-0.39, 0.29) is 21.3 Å². The minimum atomic E-state index is -1.16. The number of nitrogens with two attached hydrogens (primary N) is 2. The van der Waals surface area contributed by atoms with Crippen LogP contribution in [0.25, 0.3) is 0 Å². The van der Waals surface area contributed by atoms with Crippen molar-refractivity contribution in [1.29, 1.82) is 0 Å². The van der Waals surface area contributed by atoms with Crippen molar-refractivity contribution in [1.82, 2.24) is 0 Å². The van der Waals surface area contributed by atoms with Gasteiger partial charge in [-0.15, -0.1) is 23.5 Å². The molecule has 0 aromatic heterocycles. The van der Waals surface area contributed by atoms with Crippen LogP contribution in [-0.4, -0.2) is 56.0 Å². The van der Waals surface area contributed by atoms with Crippen molar-refractivity contribution in [3.63, 3.8) is 0 Å². The first-order valence-corrected chi connectivity index (χ1v) is 7.98. The van der Waals surface area contributed by atoms with Gasteiger partial charge in [0.1, 0.15) is 12.1 Å². The highest BCUT2D eigenvalue weighted by Crippen LogP contribution is 2.42. The fourth-order valence-corrected chi connectivity index (χ4v) is 3.08. The largest absolute Gasteiger partial charge is 0.503 e.